The van der Waals surface area contributed by atoms with Gasteiger partial charge in [0.2, 0.25) is 0 Å². The molecule has 8 heteroatoms. The SMILES string of the molecule is O=C(NCCc1cnc[nH]1)c1ccc2n(c1=O)C[C@H]1C[C@@H]2CN(Cc2ccoc2)C1. The molecule has 8 nitrogen and oxygen atoms in total. The smallest absolute Gasteiger partial charge is 0.263 e. The Balaban J connectivity index is 1.29. The molecule has 0 radical (unpaired) electrons. The van der Waals surface area contributed by atoms with E-state index in [0.29, 0.717) is 31.3 Å². The number of nitrogens with one attached hydrogen (secondary N) is 2. The molecule has 1 fully saturated rings. The second-order valence-corrected chi connectivity index (χ2v) is 8.29. The lowest BCUT2D eigenvalue weighted by Gasteiger charge is -2.42. The van der Waals surface area contributed by atoms with Crippen LogP contribution in [0.3, 0.4) is 0 Å². The van der Waals surface area contributed by atoms with Crippen molar-refractivity contribution in [3.63, 3.8) is 0 Å². The average molecular weight is 407 g/mol. The van der Waals surface area contributed by atoms with Gasteiger partial charge in [-0.3, -0.25) is 14.5 Å². The molecule has 2 aliphatic rings. The van der Waals surface area contributed by atoms with Gasteiger partial charge in [0.25, 0.3) is 11.5 Å². The van der Waals surface area contributed by atoms with Crippen molar-refractivity contribution < 1.29 is 9.21 Å². The van der Waals surface area contributed by atoms with Crippen LogP contribution in [0.4, 0.5) is 0 Å². The largest absolute Gasteiger partial charge is 0.472 e. The Morgan fingerprint density at radius 3 is 3.00 bits per heavy atom. The zero-order valence-corrected chi connectivity index (χ0v) is 16.7. The van der Waals surface area contributed by atoms with Gasteiger partial charge in [-0.15, -0.1) is 0 Å². The standard InChI is InChI=1S/C22H25N5O3/c28-21(24-5-3-18-8-23-14-25-18)19-1-2-20-17-7-16(11-27(20)22(19)29)10-26(12-17)9-15-4-6-30-13-15/h1-2,4,6,8,13-14,16-17H,3,5,7,9-12H2,(H,23,25)(H,24,28)/t16-,17+/m0/s1. The van der Waals surface area contributed by atoms with Crippen LogP contribution in [0.25, 0.3) is 0 Å². The van der Waals surface area contributed by atoms with Gasteiger partial charge in [-0.05, 0) is 30.5 Å². The van der Waals surface area contributed by atoms with E-state index >= 15 is 0 Å². The van der Waals surface area contributed by atoms with Gasteiger partial charge in [0.05, 0.1) is 18.9 Å². The minimum Gasteiger partial charge on any atom is -0.472 e. The Hall–Kier alpha value is -3.13. The van der Waals surface area contributed by atoms with Gasteiger partial charge in [-0.1, -0.05) is 0 Å². The molecule has 5 rings (SSSR count). The van der Waals surface area contributed by atoms with Crippen molar-refractivity contribution in [2.75, 3.05) is 19.6 Å². The van der Waals surface area contributed by atoms with Crippen molar-refractivity contribution in [2.45, 2.75) is 31.8 Å². The molecule has 5 heterocycles. The second kappa shape index (κ2) is 7.95. The van der Waals surface area contributed by atoms with E-state index in [1.54, 1.807) is 31.1 Å². The minimum atomic E-state index is -0.313. The van der Waals surface area contributed by atoms with Crippen LogP contribution in [0.2, 0.25) is 0 Å². The summed E-state index contributed by atoms with van der Waals surface area (Å²) in [7, 11) is 0. The van der Waals surface area contributed by atoms with Crippen LogP contribution in [-0.2, 0) is 19.5 Å². The number of imidazole rings is 1. The molecule has 0 aromatic carbocycles. The normalized spacial score (nSPS) is 20.7. The summed E-state index contributed by atoms with van der Waals surface area (Å²) in [5.41, 5.74) is 3.21. The Morgan fingerprint density at radius 1 is 1.27 bits per heavy atom. The molecule has 156 valence electrons. The average Bonchev–Trinajstić information content (AvgIpc) is 3.43. The molecule has 1 amide bonds. The lowest BCUT2D eigenvalue weighted by atomic mass is 9.83. The van der Waals surface area contributed by atoms with Gasteiger partial charge in [0.15, 0.2) is 0 Å². The molecule has 2 bridgehead atoms. The number of furan rings is 1. The van der Waals surface area contributed by atoms with Crippen LogP contribution in [0.1, 0.15) is 39.6 Å². The van der Waals surface area contributed by atoms with Crippen molar-refractivity contribution in [3.8, 4) is 0 Å². The number of H-pyrrole nitrogens is 1. The lowest BCUT2D eigenvalue weighted by Crippen LogP contribution is -2.47. The highest BCUT2D eigenvalue weighted by Gasteiger charge is 2.35. The molecular weight excluding hydrogens is 382 g/mol. The molecule has 0 aliphatic carbocycles. The number of aromatic nitrogens is 3. The van der Waals surface area contributed by atoms with Crippen molar-refractivity contribution >= 4 is 5.91 Å². The molecule has 2 aliphatic heterocycles. The summed E-state index contributed by atoms with van der Waals surface area (Å²) in [5.74, 6) is 0.418. The third kappa shape index (κ3) is 3.70. The summed E-state index contributed by atoms with van der Waals surface area (Å²) >= 11 is 0. The fourth-order valence-electron chi connectivity index (χ4n) is 4.82. The van der Waals surface area contributed by atoms with E-state index in [9.17, 15) is 9.59 Å². The first-order valence-electron chi connectivity index (χ1n) is 10.4. The summed E-state index contributed by atoms with van der Waals surface area (Å²) in [4.78, 5) is 35.1. The highest BCUT2D eigenvalue weighted by molar-refractivity contribution is 5.93. The number of carbonyl (C=O) groups excluding carboxylic acids is 1. The van der Waals surface area contributed by atoms with Gasteiger partial charge in [0.1, 0.15) is 5.56 Å². The zero-order valence-electron chi connectivity index (χ0n) is 16.7. The van der Waals surface area contributed by atoms with Crippen LogP contribution >= 0.6 is 0 Å². The molecule has 0 saturated carbocycles. The quantitative estimate of drug-likeness (QED) is 0.649. The zero-order chi connectivity index (χ0) is 20.5. The second-order valence-electron chi connectivity index (χ2n) is 8.29. The molecule has 3 aromatic rings. The highest BCUT2D eigenvalue weighted by Crippen LogP contribution is 2.35. The van der Waals surface area contributed by atoms with E-state index in [0.717, 1.165) is 37.4 Å². The Bertz CT molecular complexity index is 1070. The van der Waals surface area contributed by atoms with Gasteiger partial charge in [-0.25, -0.2) is 4.98 Å². The first-order valence-corrected chi connectivity index (χ1v) is 10.4. The maximum Gasteiger partial charge on any atom is 0.263 e. The fourth-order valence-corrected chi connectivity index (χ4v) is 4.82. The summed E-state index contributed by atoms with van der Waals surface area (Å²) in [5, 5.41) is 2.85. The third-order valence-electron chi connectivity index (χ3n) is 6.15. The van der Waals surface area contributed by atoms with E-state index in [-0.39, 0.29) is 17.0 Å². The van der Waals surface area contributed by atoms with Crippen LogP contribution in [0.5, 0.6) is 0 Å². The molecule has 0 unspecified atom stereocenters. The van der Waals surface area contributed by atoms with Crippen molar-refractivity contribution in [1.82, 2.24) is 24.8 Å². The summed E-state index contributed by atoms with van der Waals surface area (Å²) in [6.07, 6.45) is 8.58. The van der Waals surface area contributed by atoms with Crippen LogP contribution in [-0.4, -0.2) is 45.0 Å². The third-order valence-corrected chi connectivity index (χ3v) is 6.15. The summed E-state index contributed by atoms with van der Waals surface area (Å²) in [6.45, 7) is 3.85. The number of piperidine rings is 1. The highest BCUT2D eigenvalue weighted by atomic mass is 16.3. The maximum atomic E-state index is 13.1. The Labute approximate surface area is 173 Å². The molecule has 1 saturated heterocycles. The Morgan fingerprint density at radius 2 is 2.20 bits per heavy atom. The van der Waals surface area contributed by atoms with Crippen molar-refractivity contribution in [1.29, 1.82) is 0 Å². The van der Waals surface area contributed by atoms with Crippen molar-refractivity contribution in [2.24, 2.45) is 5.92 Å². The number of carbonyl (C=O) groups is 1. The fraction of sp³-hybridized carbons (Fsp3) is 0.409. The van der Waals surface area contributed by atoms with Crippen molar-refractivity contribution in [3.05, 3.63) is 76.1 Å². The molecule has 0 spiro atoms. The van der Waals surface area contributed by atoms with E-state index in [4.69, 9.17) is 4.42 Å². The maximum absolute atomic E-state index is 13.1. The number of amides is 1. The minimum absolute atomic E-state index is 0.176. The van der Waals surface area contributed by atoms with Crippen LogP contribution in [0.15, 0.2) is 52.5 Å². The van der Waals surface area contributed by atoms with E-state index in [2.05, 4.69) is 20.2 Å². The van der Waals surface area contributed by atoms with Gasteiger partial charge in [0, 0.05) is 68.2 Å². The summed E-state index contributed by atoms with van der Waals surface area (Å²) < 4.78 is 7.02. The number of hydrogen-bond acceptors (Lipinski definition) is 5. The van der Waals surface area contributed by atoms with Gasteiger partial charge in [-0.2, -0.15) is 0 Å². The molecule has 2 atom stereocenters. The van der Waals surface area contributed by atoms with E-state index in [1.165, 1.54) is 5.56 Å². The van der Waals surface area contributed by atoms with E-state index < -0.39 is 0 Å². The number of pyridine rings is 1. The predicted octanol–water partition coefficient (Wildman–Crippen LogP) is 1.76. The molecule has 30 heavy (non-hydrogen) atoms. The van der Waals surface area contributed by atoms with Gasteiger partial charge >= 0.3 is 0 Å². The predicted molar refractivity (Wildman–Crippen MR) is 110 cm³/mol. The summed E-state index contributed by atoms with van der Waals surface area (Å²) in [6, 6.07) is 5.66. The first-order chi connectivity index (χ1) is 14.7. The molecule has 2 N–H and O–H groups in total. The number of fused-ring (bicyclic) bond motifs is 4. The number of hydrogen-bond donors (Lipinski definition) is 2. The number of likely N-dealkylation sites (tertiary alicyclic amines) is 1. The molecule has 3 aromatic heterocycles. The van der Waals surface area contributed by atoms with Gasteiger partial charge < -0.3 is 19.3 Å². The Kier molecular flexibility index (Phi) is 5.00. The topological polar surface area (TPSA) is 96.2 Å². The number of aromatic amines is 1. The molecular formula is C22H25N5O3. The monoisotopic (exact) mass is 407 g/mol. The van der Waals surface area contributed by atoms with E-state index in [1.807, 2.05) is 16.7 Å². The number of nitrogens with zero attached hydrogens (tertiary/aromatic N) is 3. The van der Waals surface area contributed by atoms with Crippen LogP contribution in [0, 0.1) is 5.92 Å². The number of rotatable bonds is 6. The first kappa shape index (κ1) is 18.9. The lowest BCUT2D eigenvalue weighted by molar-refractivity contribution is 0.0947. The van der Waals surface area contributed by atoms with Crippen LogP contribution < -0.4 is 10.9 Å².